The van der Waals surface area contributed by atoms with Crippen molar-refractivity contribution < 1.29 is 13.2 Å². The van der Waals surface area contributed by atoms with Crippen LogP contribution in [0, 0.1) is 12.3 Å². The van der Waals surface area contributed by atoms with Gasteiger partial charge in [-0.1, -0.05) is 0 Å². The van der Waals surface area contributed by atoms with Crippen LogP contribution in [-0.2, 0) is 22.1 Å². The lowest BCUT2D eigenvalue weighted by Crippen LogP contribution is -2.41. The Bertz CT molecular complexity index is 849. The van der Waals surface area contributed by atoms with E-state index in [9.17, 15) is 13.2 Å². The van der Waals surface area contributed by atoms with Crippen molar-refractivity contribution in [3.8, 4) is 12.3 Å². The molecular formula is C15H21N7O3S. The molecule has 3 rings (SSSR count). The summed E-state index contributed by atoms with van der Waals surface area (Å²) >= 11 is 0. The van der Waals surface area contributed by atoms with Gasteiger partial charge in [0.1, 0.15) is 0 Å². The summed E-state index contributed by atoms with van der Waals surface area (Å²) in [5.41, 5.74) is 0.0269. The first-order chi connectivity index (χ1) is 12.4. The monoisotopic (exact) mass is 379 g/mol. The van der Waals surface area contributed by atoms with Crippen LogP contribution in [0.5, 0.6) is 0 Å². The molecule has 2 aliphatic rings. The molecule has 0 unspecified atom stereocenters. The minimum atomic E-state index is -3.72. The van der Waals surface area contributed by atoms with Gasteiger partial charge in [0.05, 0.1) is 18.4 Å². The summed E-state index contributed by atoms with van der Waals surface area (Å²) in [6.45, 7) is 0.692. The molecular weight excluding hydrogens is 358 g/mol. The van der Waals surface area contributed by atoms with Crippen molar-refractivity contribution in [3.63, 3.8) is 0 Å². The minimum Gasteiger partial charge on any atom is -0.355 e. The molecule has 0 bridgehead atoms. The van der Waals surface area contributed by atoms with E-state index < -0.39 is 15.9 Å². The van der Waals surface area contributed by atoms with Gasteiger partial charge in [-0.15, -0.1) is 12.3 Å². The van der Waals surface area contributed by atoms with Crippen LogP contribution in [0.4, 0.5) is 5.69 Å². The smallest absolute Gasteiger partial charge is 0.304 e. The Morgan fingerprint density at radius 3 is 2.77 bits per heavy atom. The maximum Gasteiger partial charge on any atom is 0.304 e. The molecule has 1 saturated heterocycles. The highest BCUT2D eigenvalue weighted by Gasteiger charge is 2.40. The fraction of sp³-hybridized carbons (Fsp3) is 0.600. The van der Waals surface area contributed by atoms with Crippen molar-refractivity contribution in [2.45, 2.75) is 24.9 Å². The Labute approximate surface area is 152 Å². The molecule has 2 aliphatic heterocycles. The van der Waals surface area contributed by atoms with Crippen LogP contribution in [0.2, 0.25) is 0 Å². The predicted molar refractivity (Wildman–Crippen MR) is 94.3 cm³/mol. The Kier molecular flexibility index (Phi) is 4.97. The number of amides is 1. The summed E-state index contributed by atoms with van der Waals surface area (Å²) in [4.78, 5) is 12.1. The first kappa shape index (κ1) is 18.3. The van der Waals surface area contributed by atoms with E-state index in [0.29, 0.717) is 31.5 Å². The molecule has 140 valence electrons. The highest BCUT2D eigenvalue weighted by Crippen LogP contribution is 2.36. The van der Waals surface area contributed by atoms with Crippen molar-refractivity contribution in [2.24, 2.45) is 17.3 Å². The highest BCUT2D eigenvalue weighted by atomic mass is 32.2. The molecule has 1 aromatic heterocycles. The normalized spacial score (nSPS) is 20.1. The van der Waals surface area contributed by atoms with Gasteiger partial charge in [0, 0.05) is 52.1 Å². The van der Waals surface area contributed by atoms with Crippen molar-refractivity contribution in [1.29, 1.82) is 0 Å². The van der Waals surface area contributed by atoms with Crippen molar-refractivity contribution in [2.75, 3.05) is 30.5 Å². The summed E-state index contributed by atoms with van der Waals surface area (Å²) in [7, 11) is -2.01. The number of rotatable bonds is 8. The van der Waals surface area contributed by atoms with Crippen LogP contribution < -0.4 is 9.62 Å². The molecule has 0 saturated carbocycles. The van der Waals surface area contributed by atoms with Crippen LogP contribution in [0.3, 0.4) is 0 Å². The summed E-state index contributed by atoms with van der Waals surface area (Å²) in [6.07, 6.45) is 10.2. The van der Waals surface area contributed by atoms with Crippen molar-refractivity contribution in [1.82, 2.24) is 19.4 Å². The van der Waals surface area contributed by atoms with Crippen LogP contribution in [0.1, 0.15) is 19.3 Å². The van der Waals surface area contributed by atoms with E-state index in [0.717, 1.165) is 4.31 Å². The first-order valence-corrected chi connectivity index (χ1v) is 9.67. The van der Waals surface area contributed by atoms with Gasteiger partial charge in [-0.05, 0) is 0 Å². The average Bonchev–Trinajstić information content (AvgIpc) is 3.13. The molecule has 0 aromatic carbocycles. The van der Waals surface area contributed by atoms with Gasteiger partial charge in [0.2, 0.25) is 5.91 Å². The van der Waals surface area contributed by atoms with Gasteiger partial charge in [-0.25, -0.2) is 0 Å². The first-order valence-electron chi connectivity index (χ1n) is 8.27. The summed E-state index contributed by atoms with van der Waals surface area (Å²) in [6, 6.07) is 0. The lowest BCUT2D eigenvalue weighted by molar-refractivity contribution is -0.121. The lowest BCUT2D eigenvalue weighted by Gasteiger charge is -2.18. The number of nitrogens with zero attached hydrogens (tertiary/aromatic N) is 6. The molecule has 1 N–H and O–H groups in total. The lowest BCUT2D eigenvalue weighted by atomic mass is 10.0. The topological polar surface area (TPSA) is 112 Å². The third kappa shape index (κ3) is 3.86. The number of nitrogens with one attached hydrogen (secondary N) is 1. The number of terminal acetylenes is 1. The second-order valence-corrected chi connectivity index (χ2v) is 8.13. The fourth-order valence-electron chi connectivity index (χ4n) is 2.82. The van der Waals surface area contributed by atoms with Crippen LogP contribution >= 0.6 is 0 Å². The summed E-state index contributed by atoms with van der Waals surface area (Å²) < 4.78 is 29.1. The van der Waals surface area contributed by atoms with E-state index in [1.54, 1.807) is 13.2 Å². The SMILES string of the molecule is C#CCCC1(CCNC(=O)CN2CCN(c3cnn(C)c3)S2(=O)=O)N=N1. The molecule has 1 fully saturated rings. The number of anilines is 1. The number of aryl methyl sites for hydroxylation is 1. The number of aromatic nitrogens is 2. The second-order valence-electron chi connectivity index (χ2n) is 6.27. The maximum atomic E-state index is 12.6. The van der Waals surface area contributed by atoms with E-state index in [4.69, 9.17) is 6.42 Å². The van der Waals surface area contributed by atoms with E-state index >= 15 is 0 Å². The molecule has 1 aromatic rings. The Hall–Kier alpha value is -2.45. The average molecular weight is 379 g/mol. The number of carbonyl (C=O) groups excluding carboxylic acids is 1. The van der Waals surface area contributed by atoms with E-state index in [1.807, 2.05) is 0 Å². The fourth-order valence-corrected chi connectivity index (χ4v) is 4.36. The molecule has 3 heterocycles. The second kappa shape index (κ2) is 7.05. The Morgan fingerprint density at radius 2 is 2.15 bits per heavy atom. The molecule has 26 heavy (non-hydrogen) atoms. The molecule has 1 amide bonds. The van der Waals surface area contributed by atoms with Crippen LogP contribution in [-0.4, -0.2) is 60.3 Å². The number of hydrogen-bond acceptors (Lipinski definition) is 6. The number of carbonyl (C=O) groups is 1. The molecule has 0 aliphatic carbocycles. The maximum absolute atomic E-state index is 12.6. The highest BCUT2D eigenvalue weighted by molar-refractivity contribution is 7.90. The van der Waals surface area contributed by atoms with Gasteiger partial charge in [0.25, 0.3) is 0 Å². The minimum absolute atomic E-state index is 0.218. The largest absolute Gasteiger partial charge is 0.355 e. The molecule has 0 atom stereocenters. The van der Waals surface area contributed by atoms with Crippen molar-refractivity contribution in [3.05, 3.63) is 12.4 Å². The van der Waals surface area contributed by atoms with Gasteiger partial charge < -0.3 is 5.32 Å². The van der Waals surface area contributed by atoms with E-state index in [1.165, 1.54) is 15.2 Å². The molecule has 11 heteroatoms. The predicted octanol–water partition coefficient (Wildman–Crippen LogP) is -0.131. The third-order valence-electron chi connectivity index (χ3n) is 4.36. The van der Waals surface area contributed by atoms with Crippen molar-refractivity contribution >= 4 is 21.8 Å². The molecule has 10 nitrogen and oxygen atoms in total. The van der Waals surface area contributed by atoms with E-state index in [-0.39, 0.29) is 25.5 Å². The molecule has 0 radical (unpaired) electrons. The summed E-state index contributed by atoms with van der Waals surface area (Å²) in [5.74, 6) is 2.20. The summed E-state index contributed by atoms with van der Waals surface area (Å²) in [5, 5.41) is 14.7. The zero-order valence-corrected chi connectivity index (χ0v) is 15.3. The molecule has 0 spiro atoms. The Balaban J connectivity index is 1.48. The third-order valence-corrected chi connectivity index (χ3v) is 6.27. The number of hydrogen-bond donors (Lipinski definition) is 1. The van der Waals surface area contributed by atoms with E-state index in [2.05, 4.69) is 26.6 Å². The zero-order valence-electron chi connectivity index (χ0n) is 14.5. The quantitative estimate of drug-likeness (QED) is 0.634. The van der Waals surface area contributed by atoms with Gasteiger partial charge in [-0.2, -0.15) is 28.1 Å². The van der Waals surface area contributed by atoms with Crippen LogP contribution in [0.25, 0.3) is 0 Å². The zero-order chi connectivity index (χ0) is 18.8. The van der Waals surface area contributed by atoms with Gasteiger partial charge in [-0.3, -0.25) is 13.8 Å². The van der Waals surface area contributed by atoms with Gasteiger partial charge in [0.15, 0.2) is 5.66 Å². The Morgan fingerprint density at radius 1 is 1.38 bits per heavy atom. The standard InChI is InChI=1S/C15H21N7O3S/c1-3-4-5-15(18-19-15)6-7-16-14(23)12-21-8-9-22(26(21,24)25)13-10-17-20(2)11-13/h1,10-11H,4-9,12H2,2H3,(H,16,23). The van der Waals surface area contributed by atoms with Gasteiger partial charge >= 0.3 is 10.2 Å². The van der Waals surface area contributed by atoms with Crippen LogP contribution in [0.15, 0.2) is 22.6 Å².